The van der Waals surface area contributed by atoms with Crippen molar-refractivity contribution >= 4 is 0 Å². The van der Waals surface area contributed by atoms with Gasteiger partial charge in [0.25, 0.3) is 0 Å². The normalized spacial score (nSPS) is 17.3. The van der Waals surface area contributed by atoms with Crippen molar-refractivity contribution in [1.82, 2.24) is 4.90 Å². The second kappa shape index (κ2) is 13.4. The second-order valence-electron chi connectivity index (χ2n) is 2.65. The third-order valence-electron chi connectivity index (χ3n) is 1.72. The Balaban J connectivity index is 0. The molecule has 0 bridgehead atoms. The zero-order valence-corrected chi connectivity index (χ0v) is 10.5. The topological polar surface area (TPSA) is 62.3 Å². The first-order valence-corrected chi connectivity index (χ1v) is 5.78. The Labute approximate surface area is 94.0 Å². The molecule has 0 aromatic rings. The van der Waals surface area contributed by atoms with Gasteiger partial charge in [-0.15, -0.1) is 0 Å². The molecule has 0 aromatic heterocycles. The third kappa shape index (κ3) is 9.67. The summed E-state index contributed by atoms with van der Waals surface area (Å²) in [7, 11) is 0. The standard InChI is InChI=1S/C7H13N3O.2C2H6/c8-5-7(9)6-10-1-3-11-4-2-10;2*1-2/h7H,1-4,6,9H2;2*1-2H3. The molecule has 2 N–H and O–H groups in total. The van der Waals surface area contributed by atoms with Crippen LogP contribution >= 0.6 is 0 Å². The average Bonchev–Trinajstić information content (AvgIpc) is 2.35. The summed E-state index contributed by atoms with van der Waals surface area (Å²) in [4.78, 5) is 2.15. The lowest BCUT2D eigenvalue weighted by Gasteiger charge is -2.26. The maximum atomic E-state index is 8.43. The van der Waals surface area contributed by atoms with Crippen LogP contribution in [0.25, 0.3) is 0 Å². The number of morpholine rings is 1. The molecule has 0 amide bonds. The van der Waals surface area contributed by atoms with Gasteiger partial charge < -0.3 is 10.5 Å². The maximum Gasteiger partial charge on any atom is 0.106 e. The number of nitrogens with two attached hydrogens (primary N) is 1. The fourth-order valence-corrected chi connectivity index (χ4v) is 1.10. The van der Waals surface area contributed by atoms with Gasteiger partial charge >= 0.3 is 0 Å². The van der Waals surface area contributed by atoms with Crippen LogP contribution in [0.2, 0.25) is 0 Å². The summed E-state index contributed by atoms with van der Waals surface area (Å²) in [5.74, 6) is 0. The molecule has 90 valence electrons. The van der Waals surface area contributed by atoms with Crippen molar-refractivity contribution < 1.29 is 4.74 Å². The quantitative estimate of drug-likeness (QED) is 0.752. The molecule has 1 heterocycles. The van der Waals surface area contributed by atoms with Crippen molar-refractivity contribution in [3.63, 3.8) is 0 Å². The van der Waals surface area contributed by atoms with Crippen LogP contribution < -0.4 is 5.73 Å². The molecule has 15 heavy (non-hydrogen) atoms. The van der Waals surface area contributed by atoms with Crippen LogP contribution in [-0.2, 0) is 4.74 Å². The van der Waals surface area contributed by atoms with Crippen LogP contribution in [0.4, 0.5) is 0 Å². The van der Waals surface area contributed by atoms with Crippen molar-refractivity contribution in [2.75, 3.05) is 32.8 Å². The van der Waals surface area contributed by atoms with Gasteiger partial charge in [0.15, 0.2) is 0 Å². The van der Waals surface area contributed by atoms with E-state index in [1.807, 2.05) is 33.8 Å². The van der Waals surface area contributed by atoms with Gasteiger partial charge in [-0.2, -0.15) is 5.26 Å². The number of ether oxygens (including phenoxy) is 1. The Hall–Kier alpha value is -0.630. The summed E-state index contributed by atoms with van der Waals surface area (Å²) >= 11 is 0. The molecule has 4 heteroatoms. The lowest BCUT2D eigenvalue weighted by molar-refractivity contribution is 0.0373. The van der Waals surface area contributed by atoms with E-state index in [-0.39, 0.29) is 6.04 Å². The summed E-state index contributed by atoms with van der Waals surface area (Å²) in [5, 5.41) is 8.43. The lowest BCUT2D eigenvalue weighted by Crippen LogP contribution is -2.43. The summed E-state index contributed by atoms with van der Waals surface area (Å²) in [5.41, 5.74) is 5.46. The molecule has 0 radical (unpaired) electrons. The van der Waals surface area contributed by atoms with Gasteiger partial charge in [-0.3, -0.25) is 4.90 Å². The average molecular weight is 215 g/mol. The highest BCUT2D eigenvalue weighted by molar-refractivity contribution is 4.89. The van der Waals surface area contributed by atoms with Crippen LogP contribution in [-0.4, -0.2) is 43.8 Å². The number of hydrogen-bond acceptors (Lipinski definition) is 4. The van der Waals surface area contributed by atoms with Crippen LogP contribution in [0.3, 0.4) is 0 Å². The highest BCUT2D eigenvalue weighted by Crippen LogP contribution is 1.96. The molecule has 1 atom stereocenters. The van der Waals surface area contributed by atoms with E-state index in [0.717, 1.165) is 26.3 Å². The van der Waals surface area contributed by atoms with E-state index < -0.39 is 0 Å². The van der Waals surface area contributed by atoms with Crippen LogP contribution in [0, 0.1) is 11.3 Å². The molecule has 0 aromatic carbocycles. The fourth-order valence-electron chi connectivity index (χ4n) is 1.10. The van der Waals surface area contributed by atoms with Gasteiger partial charge in [-0.1, -0.05) is 27.7 Å². The van der Waals surface area contributed by atoms with E-state index in [1.54, 1.807) is 0 Å². The Morgan fingerprint density at radius 3 is 2.13 bits per heavy atom. The largest absolute Gasteiger partial charge is 0.379 e. The summed E-state index contributed by atoms with van der Waals surface area (Å²) in [6.45, 7) is 12.0. The van der Waals surface area contributed by atoms with Gasteiger partial charge in [0, 0.05) is 19.6 Å². The molecular formula is C11H25N3O. The molecular weight excluding hydrogens is 190 g/mol. The van der Waals surface area contributed by atoms with Gasteiger partial charge in [0.05, 0.1) is 19.3 Å². The number of hydrogen-bond donors (Lipinski definition) is 1. The van der Waals surface area contributed by atoms with Gasteiger partial charge in [-0.05, 0) is 0 Å². The summed E-state index contributed by atoms with van der Waals surface area (Å²) in [6, 6.07) is 1.65. The smallest absolute Gasteiger partial charge is 0.106 e. The first-order chi connectivity index (χ1) is 7.33. The Bertz CT molecular complexity index is 150. The minimum absolute atomic E-state index is 0.354. The molecule has 1 aliphatic rings. The SMILES string of the molecule is CC.CC.N#CC(N)CN1CCOCC1. The van der Waals surface area contributed by atoms with E-state index in [9.17, 15) is 0 Å². The minimum atomic E-state index is -0.354. The number of rotatable bonds is 2. The van der Waals surface area contributed by atoms with E-state index in [4.69, 9.17) is 15.7 Å². The highest BCUT2D eigenvalue weighted by atomic mass is 16.5. The fraction of sp³-hybridized carbons (Fsp3) is 0.909. The van der Waals surface area contributed by atoms with Crippen molar-refractivity contribution in [3.8, 4) is 6.07 Å². The van der Waals surface area contributed by atoms with Gasteiger partial charge in [0.1, 0.15) is 6.04 Å². The number of nitriles is 1. The monoisotopic (exact) mass is 215 g/mol. The van der Waals surface area contributed by atoms with E-state index >= 15 is 0 Å². The van der Waals surface area contributed by atoms with E-state index in [0.29, 0.717) is 6.54 Å². The van der Waals surface area contributed by atoms with Gasteiger partial charge in [-0.25, -0.2) is 0 Å². The number of nitrogens with zero attached hydrogens (tertiary/aromatic N) is 2. The predicted octanol–water partition coefficient (Wildman–Crippen LogP) is 1.22. The summed E-state index contributed by atoms with van der Waals surface area (Å²) < 4.78 is 5.15. The zero-order chi connectivity index (χ0) is 12.1. The molecule has 0 aliphatic carbocycles. The highest BCUT2D eigenvalue weighted by Gasteiger charge is 2.12. The van der Waals surface area contributed by atoms with Crippen molar-refractivity contribution in [2.45, 2.75) is 33.7 Å². The molecule has 1 aliphatic heterocycles. The van der Waals surface area contributed by atoms with E-state index in [1.165, 1.54) is 0 Å². The Morgan fingerprint density at radius 2 is 1.73 bits per heavy atom. The zero-order valence-electron chi connectivity index (χ0n) is 10.5. The van der Waals surface area contributed by atoms with E-state index in [2.05, 4.69) is 4.90 Å². The molecule has 1 rings (SSSR count). The van der Waals surface area contributed by atoms with Crippen LogP contribution in [0.5, 0.6) is 0 Å². The Kier molecular flexibility index (Phi) is 15.0. The third-order valence-corrected chi connectivity index (χ3v) is 1.72. The molecule has 1 unspecified atom stereocenters. The molecule has 1 fully saturated rings. The second-order valence-corrected chi connectivity index (χ2v) is 2.65. The van der Waals surface area contributed by atoms with Crippen LogP contribution in [0.1, 0.15) is 27.7 Å². The van der Waals surface area contributed by atoms with Crippen LogP contribution in [0.15, 0.2) is 0 Å². The predicted molar refractivity (Wildman–Crippen MR) is 63.5 cm³/mol. The minimum Gasteiger partial charge on any atom is -0.379 e. The summed E-state index contributed by atoms with van der Waals surface area (Å²) in [6.07, 6.45) is 0. The molecule has 0 saturated carbocycles. The lowest BCUT2D eigenvalue weighted by atomic mass is 10.3. The molecule has 0 spiro atoms. The molecule has 1 saturated heterocycles. The first-order valence-electron chi connectivity index (χ1n) is 5.78. The van der Waals surface area contributed by atoms with Crippen molar-refractivity contribution in [3.05, 3.63) is 0 Å². The van der Waals surface area contributed by atoms with Crippen molar-refractivity contribution in [2.24, 2.45) is 5.73 Å². The Morgan fingerprint density at radius 1 is 1.27 bits per heavy atom. The molecule has 4 nitrogen and oxygen atoms in total. The maximum absolute atomic E-state index is 8.43. The first kappa shape index (κ1) is 16.8. The van der Waals surface area contributed by atoms with Gasteiger partial charge in [0.2, 0.25) is 0 Å². The van der Waals surface area contributed by atoms with Crippen molar-refractivity contribution in [1.29, 1.82) is 5.26 Å².